The molecule has 0 aliphatic rings. The zero-order valence-corrected chi connectivity index (χ0v) is 14.1. The van der Waals surface area contributed by atoms with Gasteiger partial charge in [0.05, 0.1) is 5.52 Å². The lowest BCUT2D eigenvalue weighted by Gasteiger charge is -2.09. The van der Waals surface area contributed by atoms with Crippen LogP contribution in [0.3, 0.4) is 0 Å². The van der Waals surface area contributed by atoms with Crippen molar-refractivity contribution in [1.82, 2.24) is 9.97 Å². The largest absolute Gasteiger partial charge is 0.340 e. The number of benzene rings is 2. The van der Waals surface area contributed by atoms with Gasteiger partial charge < -0.3 is 5.32 Å². The van der Waals surface area contributed by atoms with Gasteiger partial charge in [0, 0.05) is 15.5 Å². The molecule has 2 aromatic carbocycles. The summed E-state index contributed by atoms with van der Waals surface area (Å²) in [5.74, 6) is 0.826. The van der Waals surface area contributed by atoms with Crippen LogP contribution in [0.1, 0.15) is 25.3 Å². The minimum atomic E-state index is 0.826. The van der Waals surface area contributed by atoms with Crippen molar-refractivity contribution in [3.63, 3.8) is 0 Å². The minimum Gasteiger partial charge on any atom is -0.340 e. The highest BCUT2D eigenvalue weighted by Gasteiger charge is 2.05. The summed E-state index contributed by atoms with van der Waals surface area (Å²) in [5.41, 5.74) is 3.35. The first-order valence-electron chi connectivity index (χ1n) is 7.52. The number of unbranched alkanes of at least 4 members (excludes halogenated alkanes) is 1. The molecule has 22 heavy (non-hydrogen) atoms. The number of nitrogens with zero attached hydrogens (tertiary/aromatic N) is 2. The van der Waals surface area contributed by atoms with Gasteiger partial charge >= 0.3 is 0 Å². The smallest absolute Gasteiger partial charge is 0.141 e. The molecule has 0 saturated carbocycles. The van der Waals surface area contributed by atoms with Gasteiger partial charge in [-0.15, -0.1) is 0 Å². The van der Waals surface area contributed by atoms with Gasteiger partial charge in [0.2, 0.25) is 0 Å². The van der Waals surface area contributed by atoms with Crippen LogP contribution in [-0.4, -0.2) is 9.97 Å². The molecule has 0 saturated heterocycles. The number of hydrogen-bond acceptors (Lipinski definition) is 3. The summed E-state index contributed by atoms with van der Waals surface area (Å²) >= 11 is 3.50. The van der Waals surface area contributed by atoms with E-state index >= 15 is 0 Å². The number of rotatable bonds is 5. The van der Waals surface area contributed by atoms with Crippen molar-refractivity contribution in [3.05, 3.63) is 58.8 Å². The Labute approximate surface area is 138 Å². The predicted molar refractivity (Wildman–Crippen MR) is 95.6 cm³/mol. The van der Waals surface area contributed by atoms with Gasteiger partial charge in [-0.2, -0.15) is 0 Å². The molecule has 0 atom stereocenters. The van der Waals surface area contributed by atoms with E-state index in [1.165, 1.54) is 18.4 Å². The summed E-state index contributed by atoms with van der Waals surface area (Å²) < 4.78 is 1.02. The van der Waals surface area contributed by atoms with Crippen molar-refractivity contribution >= 4 is 38.3 Å². The molecule has 0 spiro atoms. The van der Waals surface area contributed by atoms with Crippen LogP contribution in [-0.2, 0) is 6.42 Å². The van der Waals surface area contributed by atoms with Crippen molar-refractivity contribution in [3.8, 4) is 0 Å². The fourth-order valence-electron chi connectivity index (χ4n) is 2.40. The average Bonchev–Trinajstić information content (AvgIpc) is 2.55. The number of aromatic nitrogens is 2. The monoisotopic (exact) mass is 355 g/mol. The Morgan fingerprint density at radius 2 is 1.86 bits per heavy atom. The van der Waals surface area contributed by atoms with Gasteiger partial charge in [0.1, 0.15) is 12.1 Å². The molecule has 0 aliphatic carbocycles. The Kier molecular flexibility index (Phi) is 4.68. The number of aryl methyl sites for hydroxylation is 1. The molecule has 0 unspecified atom stereocenters. The first-order chi connectivity index (χ1) is 10.8. The molecule has 3 nitrogen and oxygen atoms in total. The second-order valence-corrected chi connectivity index (χ2v) is 6.22. The highest BCUT2D eigenvalue weighted by Crippen LogP contribution is 2.26. The van der Waals surface area contributed by atoms with E-state index in [-0.39, 0.29) is 0 Å². The standard InChI is InChI=1S/C18H18BrN3/c1-2-3-4-13-5-8-15(9-6-13)22-18-16-11-14(19)7-10-17(16)20-12-21-18/h5-12H,2-4H2,1H3,(H,20,21,22). The molecule has 0 aliphatic heterocycles. The van der Waals surface area contributed by atoms with E-state index in [4.69, 9.17) is 0 Å². The van der Waals surface area contributed by atoms with E-state index in [9.17, 15) is 0 Å². The minimum absolute atomic E-state index is 0.826. The zero-order chi connectivity index (χ0) is 15.4. The molecule has 1 aromatic heterocycles. The van der Waals surface area contributed by atoms with Crippen LogP contribution in [0.25, 0.3) is 10.9 Å². The number of nitrogens with one attached hydrogen (secondary N) is 1. The summed E-state index contributed by atoms with van der Waals surface area (Å²) in [6.45, 7) is 2.22. The van der Waals surface area contributed by atoms with Gasteiger partial charge in [0.25, 0.3) is 0 Å². The molecule has 0 bridgehead atoms. The molecular formula is C18H18BrN3. The van der Waals surface area contributed by atoms with E-state index in [0.717, 1.165) is 33.3 Å². The third-order valence-corrected chi connectivity index (χ3v) is 4.13. The Morgan fingerprint density at radius 3 is 2.64 bits per heavy atom. The molecular weight excluding hydrogens is 338 g/mol. The molecule has 1 heterocycles. The van der Waals surface area contributed by atoms with Crippen molar-refractivity contribution in [2.75, 3.05) is 5.32 Å². The van der Waals surface area contributed by atoms with Crippen LogP contribution >= 0.6 is 15.9 Å². The number of halogens is 1. The molecule has 1 N–H and O–H groups in total. The van der Waals surface area contributed by atoms with Crippen molar-refractivity contribution in [1.29, 1.82) is 0 Å². The third kappa shape index (κ3) is 3.45. The van der Waals surface area contributed by atoms with Crippen LogP contribution in [0.4, 0.5) is 11.5 Å². The Hall–Kier alpha value is -1.94. The summed E-state index contributed by atoms with van der Waals surface area (Å²) in [5, 5.41) is 4.39. The Bertz CT molecular complexity index is 769. The molecule has 3 aromatic rings. The fraction of sp³-hybridized carbons (Fsp3) is 0.222. The maximum atomic E-state index is 4.37. The topological polar surface area (TPSA) is 37.8 Å². The van der Waals surface area contributed by atoms with E-state index in [0.29, 0.717) is 0 Å². The predicted octanol–water partition coefficient (Wildman–Crippen LogP) is 5.48. The first-order valence-corrected chi connectivity index (χ1v) is 8.32. The van der Waals surface area contributed by atoms with E-state index in [1.54, 1.807) is 6.33 Å². The van der Waals surface area contributed by atoms with Crippen LogP contribution in [0.2, 0.25) is 0 Å². The Morgan fingerprint density at radius 1 is 1.05 bits per heavy atom. The highest BCUT2D eigenvalue weighted by molar-refractivity contribution is 9.10. The van der Waals surface area contributed by atoms with Crippen LogP contribution in [0.15, 0.2) is 53.3 Å². The molecule has 0 fully saturated rings. The van der Waals surface area contributed by atoms with E-state index in [1.807, 2.05) is 18.2 Å². The van der Waals surface area contributed by atoms with Gasteiger partial charge in [0.15, 0.2) is 0 Å². The molecule has 4 heteroatoms. The van der Waals surface area contributed by atoms with Crippen LogP contribution < -0.4 is 5.32 Å². The lowest BCUT2D eigenvalue weighted by Crippen LogP contribution is -1.96. The zero-order valence-electron chi connectivity index (χ0n) is 12.5. The SMILES string of the molecule is CCCCc1ccc(Nc2ncnc3ccc(Br)cc23)cc1. The summed E-state index contributed by atoms with van der Waals surface area (Å²) in [6.07, 6.45) is 5.19. The Balaban J connectivity index is 1.85. The van der Waals surface area contributed by atoms with E-state index in [2.05, 4.69) is 62.4 Å². The number of hydrogen-bond donors (Lipinski definition) is 1. The lowest BCUT2D eigenvalue weighted by molar-refractivity contribution is 0.795. The maximum Gasteiger partial charge on any atom is 0.141 e. The van der Waals surface area contributed by atoms with Gasteiger partial charge in [-0.1, -0.05) is 41.4 Å². The quantitative estimate of drug-likeness (QED) is 0.658. The molecule has 0 radical (unpaired) electrons. The first kappa shape index (κ1) is 15.0. The lowest BCUT2D eigenvalue weighted by atomic mass is 10.1. The fourth-order valence-corrected chi connectivity index (χ4v) is 2.76. The average molecular weight is 356 g/mol. The van der Waals surface area contributed by atoms with E-state index < -0.39 is 0 Å². The second kappa shape index (κ2) is 6.88. The third-order valence-electron chi connectivity index (χ3n) is 3.63. The second-order valence-electron chi connectivity index (χ2n) is 5.31. The van der Waals surface area contributed by atoms with Gasteiger partial charge in [-0.05, 0) is 48.7 Å². The van der Waals surface area contributed by atoms with Gasteiger partial charge in [-0.25, -0.2) is 9.97 Å². The normalized spacial score (nSPS) is 10.8. The van der Waals surface area contributed by atoms with Crippen LogP contribution in [0.5, 0.6) is 0 Å². The molecule has 112 valence electrons. The molecule has 0 amide bonds. The summed E-state index contributed by atoms with van der Waals surface area (Å²) in [7, 11) is 0. The van der Waals surface area contributed by atoms with Crippen molar-refractivity contribution < 1.29 is 0 Å². The summed E-state index contributed by atoms with van der Waals surface area (Å²) in [6, 6.07) is 14.6. The number of anilines is 2. The van der Waals surface area contributed by atoms with Crippen molar-refractivity contribution in [2.45, 2.75) is 26.2 Å². The highest BCUT2D eigenvalue weighted by atomic mass is 79.9. The maximum absolute atomic E-state index is 4.37. The molecule has 3 rings (SSSR count). The van der Waals surface area contributed by atoms with Crippen molar-refractivity contribution in [2.24, 2.45) is 0 Å². The number of fused-ring (bicyclic) bond motifs is 1. The van der Waals surface area contributed by atoms with Gasteiger partial charge in [-0.3, -0.25) is 0 Å². The van der Waals surface area contributed by atoms with Crippen LogP contribution in [0, 0.1) is 0 Å². The summed E-state index contributed by atoms with van der Waals surface area (Å²) in [4.78, 5) is 8.67.